The third-order valence-corrected chi connectivity index (χ3v) is 9.49. The summed E-state index contributed by atoms with van der Waals surface area (Å²) in [4.78, 5) is 0. The van der Waals surface area contributed by atoms with E-state index in [0.717, 1.165) is 77.6 Å². The summed E-state index contributed by atoms with van der Waals surface area (Å²) in [7, 11) is 0. The quantitative estimate of drug-likeness (QED) is 0.176. The van der Waals surface area contributed by atoms with Crippen LogP contribution in [0, 0.1) is 40.9 Å². The standard InChI is InChI=1S/C45H29N5/c1-29(26-46)22-41-30(2)49(42-18-5-4-16-39(41)42)36-14-8-11-33(25-36)32-10-7-12-34(24-32)37-21-20-31(27-47)23-44(37)50-43-19-6-3-15-38(43)40-17-9-13-35(28-48)45(40)50/h3-25H,1-2H3/b29-22+. The highest BCUT2D eigenvalue weighted by atomic mass is 15.0. The van der Waals surface area contributed by atoms with Crippen molar-refractivity contribution in [2.24, 2.45) is 0 Å². The van der Waals surface area contributed by atoms with Gasteiger partial charge in [-0.2, -0.15) is 15.8 Å². The number of nitriles is 3. The Morgan fingerprint density at radius 3 is 2.02 bits per heavy atom. The molecule has 0 radical (unpaired) electrons. The first-order valence-corrected chi connectivity index (χ1v) is 16.4. The van der Waals surface area contributed by atoms with Gasteiger partial charge in [0, 0.05) is 44.2 Å². The van der Waals surface area contributed by atoms with Crippen LogP contribution in [0.15, 0.2) is 139 Å². The van der Waals surface area contributed by atoms with Gasteiger partial charge in [0.15, 0.2) is 0 Å². The van der Waals surface area contributed by atoms with Gasteiger partial charge in [0.1, 0.15) is 6.07 Å². The smallest absolute Gasteiger partial charge is 0.101 e. The fourth-order valence-corrected chi connectivity index (χ4v) is 7.24. The lowest BCUT2D eigenvalue weighted by atomic mass is 9.96. The molecule has 8 rings (SSSR count). The van der Waals surface area contributed by atoms with Crippen molar-refractivity contribution >= 4 is 38.8 Å². The maximum atomic E-state index is 10.2. The number of rotatable bonds is 5. The van der Waals surface area contributed by atoms with Crippen molar-refractivity contribution in [3.63, 3.8) is 0 Å². The summed E-state index contributed by atoms with van der Waals surface area (Å²) in [6.45, 7) is 3.94. The number of fused-ring (bicyclic) bond motifs is 4. The van der Waals surface area contributed by atoms with Gasteiger partial charge in [0.05, 0.1) is 45.5 Å². The van der Waals surface area contributed by atoms with Gasteiger partial charge in [-0.05, 0) is 85.1 Å². The zero-order valence-corrected chi connectivity index (χ0v) is 27.5. The normalized spacial score (nSPS) is 11.5. The molecule has 0 aliphatic heterocycles. The molecule has 5 heteroatoms. The molecule has 0 bridgehead atoms. The topological polar surface area (TPSA) is 81.2 Å². The Hall–Kier alpha value is -7.13. The van der Waals surface area contributed by atoms with Crippen LogP contribution in [0.1, 0.15) is 29.3 Å². The monoisotopic (exact) mass is 639 g/mol. The summed E-state index contributed by atoms with van der Waals surface area (Å²) in [6.07, 6.45) is 1.97. The Balaban J connectivity index is 1.31. The summed E-state index contributed by atoms with van der Waals surface area (Å²) < 4.78 is 4.39. The van der Waals surface area contributed by atoms with E-state index in [-0.39, 0.29) is 0 Å². The minimum absolute atomic E-state index is 0.543. The SMILES string of the molecule is C/C(C#N)=C\c1c(C)n(-c2cccc(-c3cccc(-c4ccc(C#N)cc4-n4c5ccccc5c5cccc(C#N)c54)c3)c2)c2ccccc12. The number of hydrogen-bond acceptors (Lipinski definition) is 3. The second-order valence-electron chi connectivity index (χ2n) is 12.4. The molecule has 6 aromatic carbocycles. The van der Waals surface area contributed by atoms with E-state index in [1.165, 1.54) is 0 Å². The lowest BCUT2D eigenvalue weighted by Gasteiger charge is -2.16. The van der Waals surface area contributed by atoms with Crippen LogP contribution in [0.4, 0.5) is 0 Å². The number of para-hydroxylation sites is 3. The van der Waals surface area contributed by atoms with Crippen LogP contribution in [0.3, 0.4) is 0 Å². The van der Waals surface area contributed by atoms with E-state index in [0.29, 0.717) is 16.7 Å². The Kier molecular flexibility index (Phi) is 7.34. The molecule has 0 atom stereocenters. The molecule has 234 valence electrons. The van der Waals surface area contributed by atoms with Crippen molar-refractivity contribution in [3.05, 3.63) is 161 Å². The summed E-state index contributed by atoms with van der Waals surface area (Å²) in [5.74, 6) is 0. The van der Waals surface area contributed by atoms with Crippen LogP contribution in [0.25, 0.3) is 72.4 Å². The molecule has 2 heterocycles. The Morgan fingerprint density at radius 2 is 1.26 bits per heavy atom. The third-order valence-electron chi connectivity index (χ3n) is 9.49. The highest BCUT2D eigenvalue weighted by Crippen LogP contribution is 2.39. The maximum absolute atomic E-state index is 10.2. The summed E-state index contributed by atoms with van der Waals surface area (Å²) in [6, 6.07) is 52.0. The van der Waals surface area contributed by atoms with Gasteiger partial charge in [0.2, 0.25) is 0 Å². The fraction of sp³-hybridized carbons (Fsp3) is 0.0444. The zero-order valence-electron chi connectivity index (χ0n) is 27.5. The Morgan fingerprint density at radius 1 is 0.600 bits per heavy atom. The van der Waals surface area contributed by atoms with Crippen molar-refractivity contribution < 1.29 is 0 Å². The molecular formula is C45H29N5. The van der Waals surface area contributed by atoms with Gasteiger partial charge in [-0.3, -0.25) is 0 Å². The van der Waals surface area contributed by atoms with Crippen LogP contribution >= 0.6 is 0 Å². The molecule has 0 fully saturated rings. The predicted molar refractivity (Wildman–Crippen MR) is 202 cm³/mol. The first-order valence-electron chi connectivity index (χ1n) is 16.4. The van der Waals surface area contributed by atoms with Crippen molar-refractivity contribution in [2.45, 2.75) is 13.8 Å². The molecule has 8 aromatic rings. The van der Waals surface area contributed by atoms with Crippen molar-refractivity contribution in [1.29, 1.82) is 15.8 Å². The third kappa shape index (κ3) is 4.84. The molecule has 0 amide bonds. The summed E-state index contributed by atoms with van der Waals surface area (Å²) in [5, 5.41) is 32.8. The fourth-order valence-electron chi connectivity index (χ4n) is 7.24. The average molecular weight is 640 g/mol. The molecule has 0 saturated carbocycles. The van der Waals surface area contributed by atoms with Gasteiger partial charge >= 0.3 is 0 Å². The van der Waals surface area contributed by atoms with Crippen molar-refractivity contribution in [3.8, 4) is 51.8 Å². The first-order chi connectivity index (χ1) is 24.5. The lowest BCUT2D eigenvalue weighted by molar-refractivity contribution is 1.05. The van der Waals surface area contributed by atoms with Crippen LogP contribution in [0.2, 0.25) is 0 Å². The second kappa shape index (κ2) is 12.1. The zero-order chi connectivity index (χ0) is 34.4. The maximum Gasteiger partial charge on any atom is 0.101 e. The van der Waals surface area contributed by atoms with Crippen LogP contribution in [-0.4, -0.2) is 9.13 Å². The van der Waals surface area contributed by atoms with Gasteiger partial charge in [0.25, 0.3) is 0 Å². The average Bonchev–Trinajstić information content (AvgIpc) is 3.65. The Bertz CT molecular complexity index is 2820. The molecule has 2 aromatic heterocycles. The van der Waals surface area contributed by atoms with E-state index >= 15 is 0 Å². The van der Waals surface area contributed by atoms with Crippen LogP contribution in [-0.2, 0) is 0 Å². The van der Waals surface area contributed by atoms with E-state index in [4.69, 9.17) is 0 Å². The number of allylic oxidation sites excluding steroid dienone is 1. The van der Waals surface area contributed by atoms with E-state index in [1.54, 1.807) is 0 Å². The highest BCUT2D eigenvalue weighted by molar-refractivity contribution is 6.11. The molecule has 0 saturated heterocycles. The number of benzene rings is 6. The van der Waals surface area contributed by atoms with E-state index < -0.39 is 0 Å². The minimum atomic E-state index is 0.543. The van der Waals surface area contributed by atoms with Crippen LogP contribution in [0.5, 0.6) is 0 Å². The van der Waals surface area contributed by atoms with E-state index in [2.05, 4.69) is 113 Å². The van der Waals surface area contributed by atoms with Gasteiger partial charge in [-0.15, -0.1) is 0 Å². The predicted octanol–water partition coefficient (Wildman–Crippen LogP) is 11.0. The number of aromatic nitrogens is 2. The first kappa shape index (κ1) is 30.2. The largest absolute Gasteiger partial charge is 0.313 e. The van der Waals surface area contributed by atoms with E-state index in [1.807, 2.05) is 67.6 Å². The van der Waals surface area contributed by atoms with Crippen LogP contribution < -0.4 is 0 Å². The summed E-state index contributed by atoms with van der Waals surface area (Å²) >= 11 is 0. The Labute approximate surface area is 290 Å². The molecule has 50 heavy (non-hydrogen) atoms. The molecular weight excluding hydrogens is 611 g/mol. The second-order valence-corrected chi connectivity index (χ2v) is 12.4. The number of hydrogen-bond donors (Lipinski definition) is 0. The van der Waals surface area contributed by atoms with Crippen molar-refractivity contribution in [2.75, 3.05) is 0 Å². The molecule has 0 unspecified atom stereocenters. The van der Waals surface area contributed by atoms with Gasteiger partial charge in [-0.1, -0.05) is 84.9 Å². The molecule has 0 N–H and O–H groups in total. The van der Waals surface area contributed by atoms with Crippen molar-refractivity contribution in [1.82, 2.24) is 9.13 Å². The highest BCUT2D eigenvalue weighted by Gasteiger charge is 2.19. The lowest BCUT2D eigenvalue weighted by Crippen LogP contribution is -2.00. The molecule has 5 nitrogen and oxygen atoms in total. The molecule has 0 aliphatic rings. The molecule has 0 spiro atoms. The number of nitrogens with zero attached hydrogens (tertiary/aromatic N) is 5. The van der Waals surface area contributed by atoms with Gasteiger partial charge in [-0.25, -0.2) is 0 Å². The van der Waals surface area contributed by atoms with Gasteiger partial charge < -0.3 is 9.13 Å². The van der Waals surface area contributed by atoms with E-state index in [9.17, 15) is 15.8 Å². The summed E-state index contributed by atoms with van der Waals surface area (Å²) in [5.41, 5.74) is 12.7. The molecule has 0 aliphatic carbocycles. The minimum Gasteiger partial charge on any atom is -0.313 e.